The van der Waals surface area contributed by atoms with Crippen LogP contribution in [0.1, 0.15) is 11.1 Å². The highest BCUT2D eigenvalue weighted by molar-refractivity contribution is 5.67. The molecule has 1 aliphatic heterocycles. The van der Waals surface area contributed by atoms with Gasteiger partial charge in [0.05, 0.1) is 11.7 Å². The molecule has 21 heavy (non-hydrogen) atoms. The van der Waals surface area contributed by atoms with Crippen LogP contribution in [0.25, 0.3) is 5.69 Å². The van der Waals surface area contributed by atoms with Crippen molar-refractivity contribution in [3.8, 4) is 11.8 Å². The Morgan fingerprint density at radius 3 is 2.86 bits per heavy atom. The maximum atomic E-state index is 13.2. The molecule has 7 heteroatoms. The highest BCUT2D eigenvalue weighted by Crippen LogP contribution is 2.26. The summed E-state index contributed by atoms with van der Waals surface area (Å²) in [6.45, 7) is 3.43. The number of aromatic nitrogens is 2. The smallest absolute Gasteiger partial charge is 0.169 e. The summed E-state index contributed by atoms with van der Waals surface area (Å²) in [4.78, 5) is 0. The Hall–Kier alpha value is -2.59. The molecular formula is C14H15FN6. The van der Waals surface area contributed by atoms with Crippen molar-refractivity contribution in [1.29, 1.82) is 5.26 Å². The molecule has 1 saturated heterocycles. The van der Waals surface area contributed by atoms with E-state index in [1.807, 2.05) is 0 Å². The van der Waals surface area contributed by atoms with Gasteiger partial charge in [-0.1, -0.05) is 0 Å². The van der Waals surface area contributed by atoms with Gasteiger partial charge in [0.2, 0.25) is 0 Å². The average molecular weight is 286 g/mol. The molecule has 1 aromatic carbocycles. The van der Waals surface area contributed by atoms with Crippen molar-refractivity contribution >= 4 is 11.6 Å². The van der Waals surface area contributed by atoms with Crippen molar-refractivity contribution in [2.75, 3.05) is 24.1 Å². The predicted octanol–water partition coefficient (Wildman–Crippen LogP) is 1.16. The molecule has 2 heterocycles. The van der Waals surface area contributed by atoms with Gasteiger partial charge in [0, 0.05) is 13.1 Å². The monoisotopic (exact) mass is 286 g/mol. The number of anilines is 2. The van der Waals surface area contributed by atoms with Crippen molar-refractivity contribution in [3.05, 3.63) is 35.1 Å². The number of benzene rings is 1. The lowest BCUT2D eigenvalue weighted by atomic mass is 10.2. The molecule has 0 unspecified atom stereocenters. The van der Waals surface area contributed by atoms with Crippen LogP contribution in [0.2, 0.25) is 0 Å². The minimum atomic E-state index is -0.318. The van der Waals surface area contributed by atoms with Crippen LogP contribution in [0, 0.1) is 24.1 Å². The van der Waals surface area contributed by atoms with Crippen LogP contribution >= 0.6 is 0 Å². The number of hydrogen-bond acceptors (Lipinski definition) is 5. The Labute approximate surface area is 121 Å². The maximum absolute atomic E-state index is 13.2. The third kappa shape index (κ3) is 2.30. The molecule has 0 bridgehead atoms. The molecular weight excluding hydrogens is 271 g/mol. The predicted molar refractivity (Wildman–Crippen MR) is 77.7 cm³/mol. The van der Waals surface area contributed by atoms with Crippen molar-refractivity contribution in [2.45, 2.75) is 13.0 Å². The van der Waals surface area contributed by atoms with E-state index in [1.165, 1.54) is 16.8 Å². The van der Waals surface area contributed by atoms with E-state index in [0.717, 1.165) is 13.1 Å². The van der Waals surface area contributed by atoms with Crippen molar-refractivity contribution in [3.63, 3.8) is 0 Å². The number of nitrogens with zero attached hydrogens (tertiary/aromatic N) is 3. The second-order valence-corrected chi connectivity index (χ2v) is 5.06. The summed E-state index contributed by atoms with van der Waals surface area (Å²) in [6, 6.07) is 6.67. The topological polar surface area (TPSA) is 91.7 Å². The second-order valence-electron chi connectivity index (χ2n) is 5.06. The molecule has 0 spiro atoms. The Kier molecular flexibility index (Phi) is 3.23. The fourth-order valence-corrected chi connectivity index (χ4v) is 2.27. The summed E-state index contributed by atoms with van der Waals surface area (Å²) in [7, 11) is 0. The van der Waals surface area contributed by atoms with Crippen LogP contribution in [0.3, 0.4) is 0 Å². The van der Waals surface area contributed by atoms with Gasteiger partial charge in [0.25, 0.3) is 0 Å². The lowest BCUT2D eigenvalue weighted by molar-refractivity contribution is 0.470. The first kappa shape index (κ1) is 13.4. The molecule has 0 radical (unpaired) electrons. The maximum Gasteiger partial charge on any atom is 0.169 e. The largest absolute Gasteiger partial charge is 0.382 e. The highest BCUT2D eigenvalue weighted by atomic mass is 19.1. The number of nitrogen functional groups attached to an aromatic ring is 1. The minimum absolute atomic E-state index is 0.245. The Morgan fingerprint density at radius 2 is 2.29 bits per heavy atom. The van der Waals surface area contributed by atoms with Crippen LogP contribution in [-0.4, -0.2) is 28.9 Å². The zero-order valence-electron chi connectivity index (χ0n) is 11.5. The summed E-state index contributed by atoms with van der Waals surface area (Å²) >= 11 is 0. The fourth-order valence-electron chi connectivity index (χ4n) is 2.27. The number of hydrogen-bond donors (Lipinski definition) is 3. The molecule has 6 nitrogen and oxygen atoms in total. The molecule has 1 fully saturated rings. The van der Waals surface area contributed by atoms with Gasteiger partial charge in [-0.3, -0.25) is 0 Å². The zero-order valence-corrected chi connectivity index (χ0v) is 11.5. The van der Waals surface area contributed by atoms with Crippen molar-refractivity contribution in [2.24, 2.45) is 0 Å². The Balaban J connectivity index is 2.04. The van der Waals surface area contributed by atoms with Gasteiger partial charge < -0.3 is 16.4 Å². The molecule has 1 aromatic heterocycles. The summed E-state index contributed by atoms with van der Waals surface area (Å²) in [5.74, 6) is 0.397. The van der Waals surface area contributed by atoms with Gasteiger partial charge in [-0.15, -0.1) is 5.10 Å². The fraction of sp³-hybridized carbons (Fsp3) is 0.286. The van der Waals surface area contributed by atoms with Gasteiger partial charge >= 0.3 is 0 Å². The first-order chi connectivity index (χ1) is 10.1. The van der Waals surface area contributed by atoms with E-state index in [-0.39, 0.29) is 17.7 Å². The molecule has 0 aliphatic carbocycles. The van der Waals surface area contributed by atoms with E-state index in [0.29, 0.717) is 22.6 Å². The molecule has 3 rings (SSSR count). The molecule has 2 aromatic rings. The summed E-state index contributed by atoms with van der Waals surface area (Å²) in [5, 5.41) is 20.0. The quantitative estimate of drug-likeness (QED) is 0.787. The minimum Gasteiger partial charge on any atom is -0.382 e. The van der Waals surface area contributed by atoms with Gasteiger partial charge in [0.1, 0.15) is 23.3 Å². The van der Waals surface area contributed by atoms with Crippen molar-refractivity contribution in [1.82, 2.24) is 15.1 Å². The first-order valence-corrected chi connectivity index (χ1v) is 6.62. The van der Waals surface area contributed by atoms with Crippen molar-refractivity contribution < 1.29 is 4.39 Å². The van der Waals surface area contributed by atoms with E-state index in [2.05, 4.69) is 21.8 Å². The third-order valence-corrected chi connectivity index (χ3v) is 3.54. The van der Waals surface area contributed by atoms with Crippen LogP contribution < -0.4 is 16.4 Å². The van der Waals surface area contributed by atoms with Crippen LogP contribution in [0.15, 0.2) is 18.2 Å². The van der Waals surface area contributed by atoms with E-state index >= 15 is 0 Å². The SMILES string of the molecule is Cc1cc(F)ccc1-n1nc(NC2CNC2)c(C#N)c1N. The number of aryl methyl sites for hydroxylation is 1. The van der Waals surface area contributed by atoms with E-state index in [4.69, 9.17) is 5.73 Å². The average Bonchev–Trinajstić information content (AvgIpc) is 2.70. The normalized spacial score (nSPS) is 14.5. The Bertz CT molecular complexity index is 726. The molecule has 4 N–H and O–H groups in total. The van der Waals surface area contributed by atoms with E-state index in [9.17, 15) is 9.65 Å². The Morgan fingerprint density at radius 1 is 1.52 bits per heavy atom. The van der Waals surface area contributed by atoms with Gasteiger partial charge in [0.15, 0.2) is 5.82 Å². The summed E-state index contributed by atoms with van der Waals surface area (Å²) < 4.78 is 14.7. The molecule has 0 amide bonds. The number of rotatable bonds is 3. The molecule has 108 valence electrons. The lowest BCUT2D eigenvalue weighted by Gasteiger charge is -2.27. The molecule has 0 saturated carbocycles. The van der Waals surface area contributed by atoms with Gasteiger partial charge in [-0.2, -0.15) is 5.26 Å². The standard InChI is InChI=1S/C14H15FN6/c1-8-4-9(15)2-3-12(8)21-13(17)11(5-16)14(20-21)19-10-6-18-7-10/h2-4,10,18H,6-7,17H2,1H3,(H,19,20). The van der Waals surface area contributed by atoms with E-state index < -0.39 is 0 Å². The molecule has 0 atom stereocenters. The molecule has 1 aliphatic rings. The highest BCUT2D eigenvalue weighted by Gasteiger charge is 2.23. The van der Waals surface area contributed by atoms with E-state index in [1.54, 1.807) is 13.0 Å². The van der Waals surface area contributed by atoms with Crippen LogP contribution in [0.5, 0.6) is 0 Å². The second kappa shape index (κ2) is 5.07. The summed E-state index contributed by atoms with van der Waals surface area (Å²) in [6.07, 6.45) is 0. The van der Waals surface area contributed by atoms with Crippen LogP contribution in [-0.2, 0) is 0 Å². The van der Waals surface area contributed by atoms with Crippen LogP contribution in [0.4, 0.5) is 16.0 Å². The number of nitriles is 1. The third-order valence-electron chi connectivity index (χ3n) is 3.54. The zero-order chi connectivity index (χ0) is 15.0. The number of nitrogens with one attached hydrogen (secondary N) is 2. The first-order valence-electron chi connectivity index (χ1n) is 6.62. The van der Waals surface area contributed by atoms with Gasteiger partial charge in [-0.05, 0) is 30.7 Å². The number of nitrogens with two attached hydrogens (primary N) is 1. The van der Waals surface area contributed by atoms with Gasteiger partial charge in [-0.25, -0.2) is 9.07 Å². The number of halogens is 1. The lowest BCUT2D eigenvalue weighted by Crippen LogP contribution is -2.51. The summed E-state index contributed by atoms with van der Waals surface area (Å²) in [5.41, 5.74) is 7.69.